The standard InChI is InChI=1S/C39H36N4O10S/c1-22(44)49-21-31-35(50-23(2)45)36(51-24(3)46)37(52-25(4)47)39(53-31)54-38-30(20-40)32(26-12-8-6-9-13-26)34(33(41-38)27-14-10-7-11-15-27)43-42-28-16-18-29(48-5)19-17-28/h6-19,31,35-37,39H,21H2,1-5H3/t31-,35-,36+,37-,39+/m1/s1. The van der Waals surface area contributed by atoms with Gasteiger partial charge in [0, 0.05) is 38.8 Å². The summed E-state index contributed by atoms with van der Waals surface area (Å²) in [6.45, 7) is 4.21. The Bertz CT molecular complexity index is 2060. The Labute approximate surface area is 315 Å². The maximum atomic E-state index is 12.5. The average Bonchev–Trinajstić information content (AvgIpc) is 3.15. The monoisotopic (exact) mass is 752 g/mol. The first-order valence-electron chi connectivity index (χ1n) is 16.6. The Morgan fingerprint density at radius 2 is 1.33 bits per heavy atom. The molecule has 1 fully saturated rings. The van der Waals surface area contributed by atoms with Crippen LogP contribution in [0.3, 0.4) is 0 Å². The fourth-order valence-electron chi connectivity index (χ4n) is 5.67. The van der Waals surface area contributed by atoms with Crippen LogP contribution in [0.2, 0.25) is 0 Å². The van der Waals surface area contributed by atoms with E-state index in [9.17, 15) is 24.4 Å². The summed E-state index contributed by atoms with van der Waals surface area (Å²) in [5, 5.41) is 20.2. The molecule has 1 aliphatic heterocycles. The summed E-state index contributed by atoms with van der Waals surface area (Å²) in [4.78, 5) is 54.1. The number of rotatable bonds is 12. The molecule has 1 aromatic heterocycles. The molecular formula is C39H36N4O10S. The van der Waals surface area contributed by atoms with Gasteiger partial charge in [-0.2, -0.15) is 10.4 Å². The fourth-order valence-corrected chi connectivity index (χ4v) is 6.85. The lowest BCUT2D eigenvalue weighted by atomic mass is 9.96. The first-order valence-corrected chi connectivity index (χ1v) is 17.5. The van der Waals surface area contributed by atoms with Gasteiger partial charge in [0.05, 0.1) is 24.1 Å². The number of methoxy groups -OCH3 is 1. The Balaban J connectivity index is 1.73. The number of ether oxygens (including phenoxy) is 6. The zero-order valence-electron chi connectivity index (χ0n) is 30.0. The molecule has 0 radical (unpaired) electrons. The van der Waals surface area contributed by atoms with E-state index in [1.54, 1.807) is 31.4 Å². The van der Waals surface area contributed by atoms with Gasteiger partial charge in [0.25, 0.3) is 0 Å². The molecule has 4 aromatic rings. The molecule has 1 saturated heterocycles. The maximum absolute atomic E-state index is 12.5. The van der Waals surface area contributed by atoms with Crippen LogP contribution in [0.4, 0.5) is 11.4 Å². The summed E-state index contributed by atoms with van der Waals surface area (Å²) in [6, 6.07) is 27.5. The van der Waals surface area contributed by atoms with Crippen molar-refractivity contribution in [2.75, 3.05) is 13.7 Å². The molecule has 1 aliphatic rings. The summed E-state index contributed by atoms with van der Waals surface area (Å²) in [6.07, 6.45) is -5.35. The number of hydrogen-bond acceptors (Lipinski definition) is 15. The van der Waals surface area contributed by atoms with Crippen molar-refractivity contribution in [3.63, 3.8) is 0 Å². The van der Waals surface area contributed by atoms with Crippen LogP contribution in [0.1, 0.15) is 33.3 Å². The predicted molar refractivity (Wildman–Crippen MR) is 195 cm³/mol. The minimum absolute atomic E-state index is 0.0856. The molecule has 54 heavy (non-hydrogen) atoms. The zero-order valence-corrected chi connectivity index (χ0v) is 30.8. The van der Waals surface area contributed by atoms with Gasteiger partial charge in [0.2, 0.25) is 0 Å². The molecule has 0 spiro atoms. The lowest BCUT2D eigenvalue weighted by Gasteiger charge is -2.44. The highest BCUT2D eigenvalue weighted by molar-refractivity contribution is 7.99. The van der Waals surface area contributed by atoms with Crippen LogP contribution in [-0.4, -0.2) is 72.4 Å². The van der Waals surface area contributed by atoms with Crippen molar-refractivity contribution in [2.45, 2.75) is 62.6 Å². The van der Waals surface area contributed by atoms with Gasteiger partial charge in [-0.05, 0) is 29.8 Å². The highest BCUT2D eigenvalue weighted by atomic mass is 32.2. The average molecular weight is 753 g/mol. The Morgan fingerprint density at radius 1 is 0.759 bits per heavy atom. The topological polar surface area (TPSA) is 185 Å². The van der Waals surface area contributed by atoms with Crippen LogP contribution in [0, 0.1) is 11.3 Å². The van der Waals surface area contributed by atoms with E-state index in [0.717, 1.165) is 32.5 Å². The minimum atomic E-state index is -1.41. The van der Waals surface area contributed by atoms with E-state index in [1.165, 1.54) is 6.92 Å². The van der Waals surface area contributed by atoms with Crippen molar-refractivity contribution in [1.29, 1.82) is 5.26 Å². The number of thioether (sulfide) groups is 1. The summed E-state index contributed by atoms with van der Waals surface area (Å²) in [5.74, 6) is -2.30. The quantitative estimate of drug-likeness (QED) is 0.0829. The molecule has 0 N–H and O–H groups in total. The number of esters is 4. The number of benzene rings is 3. The number of hydrogen-bond donors (Lipinski definition) is 0. The summed E-state index contributed by atoms with van der Waals surface area (Å²) in [5.41, 5.74) is 1.68. The van der Waals surface area contributed by atoms with Crippen molar-refractivity contribution >= 4 is 47.0 Å². The number of aromatic nitrogens is 1. The van der Waals surface area contributed by atoms with Crippen molar-refractivity contribution in [2.24, 2.45) is 10.2 Å². The Kier molecular flexibility index (Phi) is 13.1. The normalized spacial score (nSPS) is 19.3. The van der Waals surface area contributed by atoms with Crippen molar-refractivity contribution in [3.05, 3.63) is 90.5 Å². The van der Waals surface area contributed by atoms with E-state index in [-0.39, 0.29) is 10.6 Å². The van der Waals surface area contributed by atoms with Crippen LogP contribution < -0.4 is 4.74 Å². The predicted octanol–water partition coefficient (Wildman–Crippen LogP) is 6.89. The third-order valence-electron chi connectivity index (χ3n) is 7.87. The van der Waals surface area contributed by atoms with Gasteiger partial charge in [0.15, 0.2) is 23.7 Å². The molecule has 0 bridgehead atoms. The second-order valence-corrected chi connectivity index (χ2v) is 12.9. The van der Waals surface area contributed by atoms with Crippen LogP contribution in [-0.2, 0) is 42.9 Å². The molecule has 5 rings (SSSR count). The van der Waals surface area contributed by atoms with E-state index >= 15 is 0 Å². The number of carbonyl (C=O) groups excluding carboxylic acids is 4. The van der Waals surface area contributed by atoms with Gasteiger partial charge in [-0.15, -0.1) is 5.11 Å². The van der Waals surface area contributed by atoms with Crippen molar-refractivity contribution < 1.29 is 47.6 Å². The van der Waals surface area contributed by atoms with Gasteiger partial charge in [-0.1, -0.05) is 72.4 Å². The summed E-state index contributed by atoms with van der Waals surface area (Å²) in [7, 11) is 1.56. The van der Waals surface area contributed by atoms with E-state index < -0.39 is 60.3 Å². The Hall–Kier alpha value is -6.11. The van der Waals surface area contributed by atoms with Gasteiger partial charge >= 0.3 is 23.9 Å². The second kappa shape index (κ2) is 18.1. The largest absolute Gasteiger partial charge is 0.497 e. The summed E-state index contributed by atoms with van der Waals surface area (Å²) < 4.78 is 33.7. The maximum Gasteiger partial charge on any atom is 0.303 e. The molecule has 0 unspecified atom stereocenters. The number of nitrogens with zero attached hydrogens (tertiary/aromatic N) is 4. The van der Waals surface area contributed by atoms with E-state index in [4.69, 9.17) is 33.4 Å². The molecule has 3 aromatic carbocycles. The lowest BCUT2D eigenvalue weighted by molar-refractivity contribution is -0.237. The highest BCUT2D eigenvalue weighted by Gasteiger charge is 2.53. The first-order chi connectivity index (χ1) is 26.0. The number of carbonyl (C=O) groups is 4. The zero-order chi connectivity index (χ0) is 38.8. The summed E-state index contributed by atoms with van der Waals surface area (Å²) >= 11 is 0.909. The fraction of sp³-hybridized carbons (Fsp3) is 0.282. The highest BCUT2D eigenvalue weighted by Crippen LogP contribution is 2.46. The number of azo groups is 1. The van der Waals surface area contributed by atoms with Gasteiger partial charge in [0.1, 0.15) is 35.2 Å². The molecule has 0 aliphatic carbocycles. The third kappa shape index (κ3) is 9.65. The van der Waals surface area contributed by atoms with Crippen molar-refractivity contribution in [1.82, 2.24) is 4.98 Å². The number of nitriles is 1. The van der Waals surface area contributed by atoms with Crippen LogP contribution in [0.15, 0.2) is 100 Å². The minimum Gasteiger partial charge on any atom is -0.497 e. The second-order valence-electron chi connectivity index (χ2n) is 11.8. The first kappa shape index (κ1) is 39.1. The van der Waals surface area contributed by atoms with Crippen LogP contribution in [0.25, 0.3) is 22.4 Å². The Morgan fingerprint density at radius 3 is 1.89 bits per heavy atom. The molecule has 0 saturated carbocycles. The molecule has 5 atom stereocenters. The number of pyridine rings is 1. The van der Waals surface area contributed by atoms with E-state index in [2.05, 4.69) is 16.3 Å². The van der Waals surface area contributed by atoms with E-state index in [0.29, 0.717) is 39.5 Å². The lowest BCUT2D eigenvalue weighted by Crippen LogP contribution is -2.61. The third-order valence-corrected chi connectivity index (χ3v) is 9.00. The molecule has 15 heteroatoms. The van der Waals surface area contributed by atoms with Crippen LogP contribution in [0.5, 0.6) is 5.75 Å². The van der Waals surface area contributed by atoms with E-state index in [1.807, 2.05) is 60.7 Å². The molecular weight excluding hydrogens is 717 g/mol. The molecule has 14 nitrogen and oxygen atoms in total. The van der Waals surface area contributed by atoms with Gasteiger partial charge in [-0.25, -0.2) is 4.98 Å². The molecule has 0 amide bonds. The van der Waals surface area contributed by atoms with Crippen LogP contribution >= 0.6 is 11.8 Å². The molecule has 2 heterocycles. The van der Waals surface area contributed by atoms with Gasteiger partial charge < -0.3 is 28.4 Å². The van der Waals surface area contributed by atoms with Gasteiger partial charge in [-0.3, -0.25) is 19.2 Å². The molecule has 278 valence electrons. The smallest absolute Gasteiger partial charge is 0.303 e. The van der Waals surface area contributed by atoms with Crippen molar-refractivity contribution in [3.8, 4) is 34.2 Å². The SMILES string of the molecule is COc1ccc(N=Nc2c(-c3ccccc3)nc(S[C@@H]3O[C@H](COC(C)=O)[C@@H](OC(C)=O)[C@H](OC(C)=O)[C@H]3OC(C)=O)c(C#N)c2-c2ccccc2)cc1.